The Morgan fingerprint density at radius 2 is 2.26 bits per heavy atom. The number of pyridine rings is 1. The molecule has 0 bridgehead atoms. The molecule has 1 atom stereocenters. The zero-order chi connectivity index (χ0) is 13.7. The van der Waals surface area contributed by atoms with Crippen molar-refractivity contribution in [1.82, 2.24) is 25.2 Å². The fraction of sp³-hybridized carbons (Fsp3) is 0.462. The van der Waals surface area contributed by atoms with E-state index in [2.05, 4.69) is 27.8 Å². The molecule has 2 heterocycles. The quantitative estimate of drug-likeness (QED) is 0.860. The minimum atomic E-state index is -0.173. The highest BCUT2D eigenvalue weighted by molar-refractivity contribution is 5.74. The number of fused-ring (bicyclic) bond motifs is 1. The fourth-order valence-electron chi connectivity index (χ4n) is 1.95. The first-order chi connectivity index (χ1) is 9.20. The maximum absolute atomic E-state index is 11.7. The average molecular weight is 261 g/mol. The van der Waals surface area contributed by atoms with Gasteiger partial charge in [0.2, 0.25) is 0 Å². The molecular formula is C13H19N5O. The molecule has 2 rings (SSSR count). The molecule has 19 heavy (non-hydrogen) atoms. The predicted molar refractivity (Wildman–Crippen MR) is 72.7 cm³/mol. The van der Waals surface area contributed by atoms with Crippen LogP contribution in [0.3, 0.4) is 0 Å². The third-order valence-corrected chi connectivity index (χ3v) is 2.89. The molecule has 0 saturated heterocycles. The smallest absolute Gasteiger partial charge is 0.315 e. The van der Waals surface area contributed by atoms with Crippen LogP contribution in [-0.2, 0) is 6.54 Å². The van der Waals surface area contributed by atoms with E-state index >= 15 is 0 Å². The fourth-order valence-corrected chi connectivity index (χ4v) is 1.95. The van der Waals surface area contributed by atoms with Gasteiger partial charge in [-0.05, 0) is 25.5 Å². The summed E-state index contributed by atoms with van der Waals surface area (Å²) < 4.78 is 1.86. The Hall–Kier alpha value is -2.11. The van der Waals surface area contributed by atoms with E-state index < -0.39 is 0 Å². The first kappa shape index (κ1) is 13.3. The summed E-state index contributed by atoms with van der Waals surface area (Å²) in [6.07, 6.45) is 3.90. The summed E-state index contributed by atoms with van der Waals surface area (Å²) >= 11 is 0. The molecule has 102 valence electrons. The summed E-state index contributed by atoms with van der Waals surface area (Å²) in [5.74, 6) is 0.717. The molecule has 0 spiro atoms. The Labute approximate surface area is 112 Å². The molecule has 0 saturated carbocycles. The second-order valence-corrected chi connectivity index (χ2v) is 4.56. The normalized spacial score (nSPS) is 12.3. The van der Waals surface area contributed by atoms with E-state index in [0.29, 0.717) is 12.4 Å². The summed E-state index contributed by atoms with van der Waals surface area (Å²) in [4.78, 5) is 11.7. The van der Waals surface area contributed by atoms with E-state index in [4.69, 9.17) is 0 Å². The molecule has 0 aliphatic heterocycles. The van der Waals surface area contributed by atoms with Crippen LogP contribution in [0.25, 0.3) is 5.65 Å². The van der Waals surface area contributed by atoms with E-state index in [9.17, 15) is 4.79 Å². The van der Waals surface area contributed by atoms with E-state index in [1.165, 1.54) is 0 Å². The Kier molecular flexibility index (Phi) is 4.33. The topological polar surface area (TPSA) is 71.3 Å². The van der Waals surface area contributed by atoms with Gasteiger partial charge in [-0.1, -0.05) is 19.4 Å². The van der Waals surface area contributed by atoms with Crippen LogP contribution in [0.4, 0.5) is 4.79 Å². The van der Waals surface area contributed by atoms with Crippen LogP contribution in [0.1, 0.15) is 32.5 Å². The molecule has 0 radical (unpaired) electrons. The number of urea groups is 1. The number of hydrogen-bond donors (Lipinski definition) is 2. The highest BCUT2D eigenvalue weighted by Gasteiger charge is 2.08. The van der Waals surface area contributed by atoms with Crippen molar-refractivity contribution in [2.75, 3.05) is 0 Å². The summed E-state index contributed by atoms with van der Waals surface area (Å²) in [7, 11) is 0. The second kappa shape index (κ2) is 6.17. The number of nitrogens with zero attached hydrogens (tertiary/aromatic N) is 3. The highest BCUT2D eigenvalue weighted by Crippen LogP contribution is 2.02. The minimum absolute atomic E-state index is 0.173. The first-order valence-corrected chi connectivity index (χ1v) is 6.53. The molecular weight excluding hydrogens is 242 g/mol. The predicted octanol–water partition coefficient (Wildman–Crippen LogP) is 1.72. The molecule has 0 unspecified atom stereocenters. The number of carbonyl (C=O) groups is 1. The number of carbonyl (C=O) groups excluding carboxylic acids is 1. The summed E-state index contributed by atoms with van der Waals surface area (Å²) in [6.45, 7) is 4.45. The van der Waals surface area contributed by atoms with Crippen LogP contribution in [0.5, 0.6) is 0 Å². The lowest BCUT2D eigenvalue weighted by Crippen LogP contribution is -2.40. The number of nitrogens with one attached hydrogen (secondary N) is 2. The second-order valence-electron chi connectivity index (χ2n) is 4.56. The van der Waals surface area contributed by atoms with Crippen molar-refractivity contribution in [3.05, 3.63) is 30.2 Å². The molecule has 0 aliphatic carbocycles. The van der Waals surface area contributed by atoms with Crippen molar-refractivity contribution in [2.24, 2.45) is 0 Å². The zero-order valence-electron chi connectivity index (χ0n) is 11.3. The Morgan fingerprint density at radius 3 is 3.05 bits per heavy atom. The third-order valence-electron chi connectivity index (χ3n) is 2.89. The Bertz CT molecular complexity index is 551. The van der Waals surface area contributed by atoms with Gasteiger partial charge >= 0.3 is 6.03 Å². The zero-order valence-corrected chi connectivity index (χ0v) is 11.3. The molecule has 2 aromatic heterocycles. The molecule has 2 aromatic rings. The van der Waals surface area contributed by atoms with Gasteiger partial charge < -0.3 is 10.6 Å². The van der Waals surface area contributed by atoms with Crippen molar-refractivity contribution < 1.29 is 4.79 Å². The lowest BCUT2D eigenvalue weighted by Gasteiger charge is -2.13. The number of aromatic nitrogens is 3. The van der Waals surface area contributed by atoms with Gasteiger partial charge in [0.05, 0.1) is 6.54 Å². The van der Waals surface area contributed by atoms with Gasteiger partial charge in [0, 0.05) is 12.2 Å². The number of hydrogen-bond acceptors (Lipinski definition) is 3. The van der Waals surface area contributed by atoms with E-state index in [1.807, 2.05) is 35.7 Å². The molecule has 0 fully saturated rings. The van der Waals surface area contributed by atoms with E-state index in [1.54, 1.807) is 0 Å². The third kappa shape index (κ3) is 3.43. The SMILES string of the molecule is CCC[C@H](C)NC(=O)NCc1nnc2ccccn12. The van der Waals surface area contributed by atoms with Crippen molar-refractivity contribution >= 4 is 11.7 Å². The van der Waals surface area contributed by atoms with Crippen LogP contribution in [0.2, 0.25) is 0 Å². The van der Waals surface area contributed by atoms with E-state index in [-0.39, 0.29) is 12.1 Å². The average Bonchev–Trinajstić information content (AvgIpc) is 2.80. The lowest BCUT2D eigenvalue weighted by molar-refractivity contribution is 0.236. The summed E-state index contributed by atoms with van der Waals surface area (Å²) in [6, 6.07) is 5.69. The summed E-state index contributed by atoms with van der Waals surface area (Å²) in [5.41, 5.74) is 0.777. The van der Waals surface area contributed by atoms with Crippen molar-refractivity contribution in [1.29, 1.82) is 0 Å². The highest BCUT2D eigenvalue weighted by atomic mass is 16.2. The standard InChI is InChI=1S/C13H19N5O/c1-3-6-10(2)15-13(19)14-9-12-17-16-11-7-4-5-8-18(11)12/h4-5,7-8,10H,3,6,9H2,1-2H3,(H2,14,15,19)/t10-/m0/s1. The van der Waals surface area contributed by atoms with Crippen molar-refractivity contribution in [3.8, 4) is 0 Å². The van der Waals surface area contributed by atoms with Crippen molar-refractivity contribution in [3.63, 3.8) is 0 Å². The molecule has 6 heteroatoms. The molecule has 2 amide bonds. The molecule has 0 aromatic carbocycles. The van der Waals surface area contributed by atoms with E-state index in [0.717, 1.165) is 18.5 Å². The first-order valence-electron chi connectivity index (χ1n) is 6.53. The lowest BCUT2D eigenvalue weighted by atomic mass is 10.2. The van der Waals surface area contributed by atoms with Crippen LogP contribution < -0.4 is 10.6 Å². The van der Waals surface area contributed by atoms with Gasteiger partial charge in [-0.2, -0.15) is 0 Å². The van der Waals surface area contributed by atoms with Gasteiger partial charge in [0.15, 0.2) is 11.5 Å². The van der Waals surface area contributed by atoms with Crippen LogP contribution in [-0.4, -0.2) is 26.7 Å². The number of rotatable bonds is 5. The maximum atomic E-state index is 11.7. The van der Waals surface area contributed by atoms with Gasteiger partial charge in [-0.25, -0.2) is 4.79 Å². The minimum Gasteiger partial charge on any atom is -0.336 e. The van der Waals surface area contributed by atoms with Gasteiger partial charge in [0.25, 0.3) is 0 Å². The van der Waals surface area contributed by atoms with Gasteiger partial charge in [-0.3, -0.25) is 4.40 Å². The van der Waals surface area contributed by atoms with Gasteiger partial charge in [-0.15, -0.1) is 10.2 Å². The Balaban J connectivity index is 1.90. The molecule has 2 N–H and O–H groups in total. The summed E-state index contributed by atoms with van der Waals surface area (Å²) in [5, 5.41) is 13.8. The largest absolute Gasteiger partial charge is 0.336 e. The van der Waals surface area contributed by atoms with Crippen molar-refractivity contribution in [2.45, 2.75) is 39.3 Å². The Morgan fingerprint density at radius 1 is 1.42 bits per heavy atom. The van der Waals surface area contributed by atoms with Crippen LogP contribution in [0, 0.1) is 0 Å². The maximum Gasteiger partial charge on any atom is 0.315 e. The molecule has 6 nitrogen and oxygen atoms in total. The van der Waals surface area contributed by atoms with Gasteiger partial charge in [0.1, 0.15) is 0 Å². The number of amides is 2. The monoisotopic (exact) mass is 261 g/mol. The van der Waals surface area contributed by atoms with Crippen LogP contribution >= 0.6 is 0 Å². The molecule has 0 aliphatic rings. The van der Waals surface area contributed by atoms with Crippen LogP contribution in [0.15, 0.2) is 24.4 Å².